The van der Waals surface area contributed by atoms with E-state index in [1.807, 2.05) is 19.1 Å². The monoisotopic (exact) mass is 349 g/mol. The summed E-state index contributed by atoms with van der Waals surface area (Å²) in [4.78, 5) is 26.2. The van der Waals surface area contributed by atoms with E-state index in [1.165, 1.54) is 18.3 Å². The summed E-state index contributed by atoms with van der Waals surface area (Å²) in [6, 6.07) is 7.90. The zero-order valence-corrected chi connectivity index (χ0v) is 12.6. The lowest BCUT2D eigenvalue weighted by Gasteiger charge is -2.09. The van der Waals surface area contributed by atoms with Gasteiger partial charge in [0.05, 0.1) is 17.6 Å². The molecule has 0 atom stereocenters. The third-order valence-electron chi connectivity index (χ3n) is 2.61. The van der Waals surface area contributed by atoms with Crippen molar-refractivity contribution in [2.45, 2.75) is 6.92 Å². The topological polar surface area (TPSA) is 91.3 Å². The second kappa shape index (κ2) is 6.36. The van der Waals surface area contributed by atoms with Crippen LogP contribution in [-0.4, -0.2) is 22.1 Å². The van der Waals surface area contributed by atoms with Crippen molar-refractivity contribution in [3.8, 4) is 0 Å². The Kier molecular flexibility index (Phi) is 4.54. The van der Waals surface area contributed by atoms with E-state index in [9.17, 15) is 9.59 Å². The van der Waals surface area contributed by atoms with E-state index in [4.69, 9.17) is 5.11 Å². The minimum atomic E-state index is -1.12. The number of rotatable bonds is 3. The van der Waals surface area contributed by atoms with Gasteiger partial charge in [0.25, 0.3) is 0 Å². The lowest BCUT2D eigenvalue weighted by atomic mass is 10.2. The maximum atomic E-state index is 11.9. The molecule has 108 valence electrons. The van der Waals surface area contributed by atoms with Crippen molar-refractivity contribution in [2.75, 3.05) is 10.6 Å². The number of halogens is 1. The highest BCUT2D eigenvalue weighted by Gasteiger charge is 2.08. The van der Waals surface area contributed by atoms with Crippen LogP contribution < -0.4 is 10.6 Å². The Bertz CT molecular complexity index is 686. The number of carbonyl (C=O) groups is 2. The van der Waals surface area contributed by atoms with Gasteiger partial charge in [0.2, 0.25) is 0 Å². The molecule has 0 aliphatic carbocycles. The molecular weight excluding hydrogens is 338 g/mol. The molecule has 3 N–H and O–H groups in total. The fourth-order valence-corrected chi connectivity index (χ4v) is 2.19. The van der Waals surface area contributed by atoms with Gasteiger partial charge >= 0.3 is 12.0 Å². The van der Waals surface area contributed by atoms with E-state index >= 15 is 0 Å². The van der Waals surface area contributed by atoms with Crippen LogP contribution in [0.25, 0.3) is 0 Å². The van der Waals surface area contributed by atoms with Crippen LogP contribution in [0, 0.1) is 6.92 Å². The summed E-state index contributed by atoms with van der Waals surface area (Å²) < 4.78 is 0.775. The molecule has 0 unspecified atom stereocenters. The number of anilines is 2. The standard InChI is InChI=1S/C14H12BrN3O3/c1-8-2-4-11(10(15)6-8)18-14(21)17-9-3-5-12(13(19)20)16-7-9/h2-7H,1H3,(H,19,20)(H2,17,18,21). The Labute approximate surface area is 129 Å². The van der Waals surface area contributed by atoms with Crippen LogP contribution in [0.15, 0.2) is 41.0 Å². The van der Waals surface area contributed by atoms with Crippen LogP contribution in [0.2, 0.25) is 0 Å². The van der Waals surface area contributed by atoms with Crippen LogP contribution in [0.4, 0.5) is 16.2 Å². The lowest BCUT2D eigenvalue weighted by molar-refractivity contribution is 0.0690. The fourth-order valence-electron chi connectivity index (χ4n) is 1.60. The first-order valence-corrected chi connectivity index (χ1v) is 6.78. The molecular formula is C14H12BrN3O3. The van der Waals surface area contributed by atoms with Crippen LogP contribution in [0.5, 0.6) is 0 Å². The fraction of sp³-hybridized carbons (Fsp3) is 0.0714. The van der Waals surface area contributed by atoms with Gasteiger partial charge in [-0.05, 0) is 52.7 Å². The smallest absolute Gasteiger partial charge is 0.354 e. The van der Waals surface area contributed by atoms with Crippen LogP contribution in [-0.2, 0) is 0 Å². The second-order valence-electron chi connectivity index (χ2n) is 4.30. The van der Waals surface area contributed by atoms with Gasteiger partial charge < -0.3 is 15.7 Å². The number of aryl methyl sites for hydroxylation is 1. The van der Waals surface area contributed by atoms with Gasteiger partial charge in [-0.2, -0.15) is 0 Å². The normalized spacial score (nSPS) is 10.0. The maximum Gasteiger partial charge on any atom is 0.354 e. The van der Waals surface area contributed by atoms with Crippen LogP contribution in [0.1, 0.15) is 16.1 Å². The Balaban J connectivity index is 2.02. The Morgan fingerprint density at radius 3 is 2.52 bits per heavy atom. The Hall–Kier alpha value is -2.41. The molecule has 0 spiro atoms. The summed E-state index contributed by atoms with van der Waals surface area (Å²) in [5, 5.41) is 14.0. The molecule has 2 aromatic rings. The van der Waals surface area contributed by atoms with E-state index in [0.717, 1.165) is 10.0 Å². The lowest BCUT2D eigenvalue weighted by Crippen LogP contribution is -2.20. The van der Waals surface area contributed by atoms with E-state index < -0.39 is 12.0 Å². The molecule has 7 heteroatoms. The zero-order chi connectivity index (χ0) is 15.4. The molecule has 2 rings (SSSR count). The molecule has 21 heavy (non-hydrogen) atoms. The summed E-state index contributed by atoms with van der Waals surface area (Å²) in [5.74, 6) is -1.12. The molecule has 0 radical (unpaired) electrons. The highest BCUT2D eigenvalue weighted by Crippen LogP contribution is 2.23. The number of carboxylic acids is 1. The van der Waals surface area contributed by atoms with Gasteiger partial charge in [-0.1, -0.05) is 6.07 Å². The van der Waals surface area contributed by atoms with Crippen molar-refractivity contribution in [2.24, 2.45) is 0 Å². The molecule has 6 nitrogen and oxygen atoms in total. The number of carboxylic acid groups (broad SMARTS) is 1. The number of hydrogen-bond donors (Lipinski definition) is 3. The number of pyridine rings is 1. The van der Waals surface area contributed by atoms with Gasteiger partial charge in [0.15, 0.2) is 0 Å². The second-order valence-corrected chi connectivity index (χ2v) is 5.15. The van der Waals surface area contributed by atoms with E-state index in [1.54, 1.807) is 6.07 Å². The largest absolute Gasteiger partial charge is 0.477 e. The third kappa shape index (κ3) is 4.03. The highest BCUT2D eigenvalue weighted by atomic mass is 79.9. The van der Waals surface area contributed by atoms with E-state index in [0.29, 0.717) is 11.4 Å². The molecule has 1 aromatic heterocycles. The summed E-state index contributed by atoms with van der Waals surface area (Å²) in [6.07, 6.45) is 1.28. The average Bonchev–Trinajstić information content (AvgIpc) is 2.42. The molecule has 2 amide bonds. The quantitative estimate of drug-likeness (QED) is 0.790. The minimum Gasteiger partial charge on any atom is -0.477 e. The number of aromatic carboxylic acids is 1. The first kappa shape index (κ1) is 15.0. The minimum absolute atomic E-state index is 0.0813. The SMILES string of the molecule is Cc1ccc(NC(=O)Nc2ccc(C(=O)O)nc2)c(Br)c1. The molecule has 0 saturated heterocycles. The highest BCUT2D eigenvalue weighted by molar-refractivity contribution is 9.10. The van der Waals surface area contributed by atoms with Gasteiger partial charge in [0, 0.05) is 4.47 Å². The number of amides is 2. The molecule has 0 fully saturated rings. The summed E-state index contributed by atoms with van der Waals surface area (Å²) >= 11 is 3.37. The van der Waals surface area contributed by atoms with Crippen LogP contribution in [0.3, 0.4) is 0 Å². The molecule has 0 aliphatic heterocycles. The predicted molar refractivity (Wildman–Crippen MR) is 82.7 cm³/mol. The summed E-state index contributed by atoms with van der Waals surface area (Å²) in [5.41, 5.74) is 2.03. The third-order valence-corrected chi connectivity index (χ3v) is 3.27. The van der Waals surface area contributed by atoms with Crippen molar-refractivity contribution < 1.29 is 14.7 Å². The Morgan fingerprint density at radius 2 is 1.95 bits per heavy atom. The molecule has 0 saturated carbocycles. The predicted octanol–water partition coefficient (Wildman–Crippen LogP) is 3.49. The first-order valence-electron chi connectivity index (χ1n) is 5.99. The summed E-state index contributed by atoms with van der Waals surface area (Å²) in [7, 11) is 0. The van der Waals surface area contributed by atoms with E-state index in [-0.39, 0.29) is 5.69 Å². The summed E-state index contributed by atoms with van der Waals surface area (Å²) in [6.45, 7) is 1.95. The number of benzene rings is 1. The number of aromatic nitrogens is 1. The van der Waals surface area contributed by atoms with E-state index in [2.05, 4.69) is 31.5 Å². The molecule has 0 aliphatic rings. The first-order chi connectivity index (χ1) is 9.95. The van der Waals surface area contributed by atoms with Crippen molar-refractivity contribution >= 4 is 39.3 Å². The Morgan fingerprint density at radius 1 is 1.19 bits per heavy atom. The number of nitrogens with one attached hydrogen (secondary N) is 2. The van der Waals surface area contributed by atoms with Crippen molar-refractivity contribution in [1.82, 2.24) is 4.98 Å². The molecule has 1 heterocycles. The van der Waals surface area contributed by atoms with Crippen molar-refractivity contribution in [3.63, 3.8) is 0 Å². The van der Waals surface area contributed by atoms with Crippen molar-refractivity contribution in [3.05, 3.63) is 52.3 Å². The maximum absolute atomic E-state index is 11.9. The number of hydrogen-bond acceptors (Lipinski definition) is 3. The van der Waals surface area contributed by atoms with Crippen molar-refractivity contribution in [1.29, 1.82) is 0 Å². The number of nitrogens with zero attached hydrogens (tertiary/aromatic N) is 1. The van der Waals surface area contributed by atoms with Crippen LogP contribution >= 0.6 is 15.9 Å². The van der Waals surface area contributed by atoms with Gasteiger partial charge in [-0.25, -0.2) is 14.6 Å². The number of urea groups is 1. The number of carbonyl (C=O) groups excluding carboxylic acids is 1. The van der Waals surface area contributed by atoms with Gasteiger partial charge in [-0.3, -0.25) is 0 Å². The molecule has 1 aromatic carbocycles. The van der Waals surface area contributed by atoms with Gasteiger partial charge in [-0.15, -0.1) is 0 Å². The van der Waals surface area contributed by atoms with Gasteiger partial charge in [0.1, 0.15) is 5.69 Å². The average molecular weight is 350 g/mol. The zero-order valence-electron chi connectivity index (χ0n) is 11.1. The molecule has 0 bridgehead atoms.